The number of nitrogens with zero attached hydrogens (tertiary/aromatic N) is 1. The molecule has 3 N–H and O–H groups in total. The highest BCUT2D eigenvalue weighted by Crippen LogP contribution is 2.30. The molecule has 21 heavy (non-hydrogen) atoms. The van der Waals surface area contributed by atoms with Gasteiger partial charge in [-0.15, -0.1) is 0 Å². The Kier molecular flexibility index (Phi) is 4.52. The monoisotopic (exact) mass is 325 g/mol. The van der Waals surface area contributed by atoms with Gasteiger partial charge in [0.05, 0.1) is 5.56 Å². The van der Waals surface area contributed by atoms with E-state index < -0.39 is 5.60 Å². The Balaban J connectivity index is 2.46. The molecule has 0 aliphatic carbocycles. The maximum Gasteiger partial charge on any atom is 0.205 e. The number of halogens is 2. The van der Waals surface area contributed by atoms with Crippen LogP contribution in [0.15, 0.2) is 42.7 Å². The quantitative estimate of drug-likeness (QED) is 0.667. The van der Waals surface area contributed by atoms with Crippen LogP contribution in [-0.4, -0.2) is 10.9 Å². The molecule has 0 spiro atoms. The number of pyridine rings is 1. The first kappa shape index (κ1) is 15.8. The molecule has 0 aliphatic rings. The molecule has 1 heterocycles. The van der Waals surface area contributed by atoms with Gasteiger partial charge in [-0.1, -0.05) is 33.9 Å². The number of aliphatic hydroxyl groups is 1. The number of rotatable bonds is 4. The van der Waals surface area contributed by atoms with E-state index in [1.54, 1.807) is 36.5 Å². The van der Waals surface area contributed by atoms with Crippen molar-refractivity contribution < 1.29 is 14.6 Å². The van der Waals surface area contributed by atoms with Gasteiger partial charge in [0.1, 0.15) is 0 Å². The van der Waals surface area contributed by atoms with Crippen LogP contribution in [0.4, 0.5) is 0 Å². The standard InChI is InChI=1S/C15H15Cl2N2O2/c1-10(20)15(21,12-3-2-6-19(18)9-12)8-11-4-5-13(16)7-14(11)17/h2-7,9,21H,8,18H2,1H3/q+1. The fourth-order valence-electron chi connectivity index (χ4n) is 2.11. The van der Waals surface area contributed by atoms with Crippen molar-refractivity contribution in [1.29, 1.82) is 0 Å². The van der Waals surface area contributed by atoms with E-state index in [9.17, 15) is 9.90 Å². The van der Waals surface area contributed by atoms with Crippen LogP contribution < -0.4 is 10.5 Å². The van der Waals surface area contributed by atoms with Crippen molar-refractivity contribution in [3.63, 3.8) is 0 Å². The highest BCUT2D eigenvalue weighted by molar-refractivity contribution is 6.35. The molecule has 1 aromatic carbocycles. The molecule has 0 saturated heterocycles. The third kappa shape index (κ3) is 3.35. The van der Waals surface area contributed by atoms with Crippen LogP contribution in [0.5, 0.6) is 0 Å². The average molecular weight is 326 g/mol. The molecule has 0 radical (unpaired) electrons. The zero-order chi connectivity index (χ0) is 15.6. The van der Waals surface area contributed by atoms with Gasteiger partial charge in [-0.05, 0) is 30.7 Å². The van der Waals surface area contributed by atoms with E-state index in [2.05, 4.69) is 0 Å². The number of carbonyl (C=O) groups excluding carboxylic acids is 1. The zero-order valence-electron chi connectivity index (χ0n) is 11.4. The minimum Gasteiger partial charge on any atom is -0.377 e. The molecule has 0 saturated carbocycles. The van der Waals surface area contributed by atoms with Gasteiger partial charge in [0, 0.05) is 22.5 Å². The number of carbonyl (C=O) groups is 1. The van der Waals surface area contributed by atoms with Crippen molar-refractivity contribution in [3.05, 3.63) is 63.9 Å². The summed E-state index contributed by atoms with van der Waals surface area (Å²) >= 11 is 12.0. The second-order valence-electron chi connectivity index (χ2n) is 4.87. The predicted molar refractivity (Wildman–Crippen MR) is 81.5 cm³/mol. The summed E-state index contributed by atoms with van der Waals surface area (Å²) in [6.45, 7) is 1.33. The molecule has 0 aliphatic heterocycles. The fraction of sp³-hybridized carbons (Fsp3) is 0.200. The molecule has 0 fully saturated rings. The lowest BCUT2D eigenvalue weighted by molar-refractivity contribution is -0.639. The van der Waals surface area contributed by atoms with Gasteiger partial charge in [-0.25, -0.2) is 5.84 Å². The Bertz CT molecular complexity index is 691. The van der Waals surface area contributed by atoms with Gasteiger partial charge in [0.25, 0.3) is 0 Å². The molecular weight excluding hydrogens is 311 g/mol. The predicted octanol–water partition coefficient (Wildman–Crippen LogP) is 2.01. The molecule has 1 atom stereocenters. The van der Waals surface area contributed by atoms with Crippen LogP contribution in [-0.2, 0) is 16.8 Å². The molecule has 6 heteroatoms. The first-order valence-electron chi connectivity index (χ1n) is 6.27. The highest BCUT2D eigenvalue weighted by Gasteiger charge is 2.37. The number of ketones is 1. The van der Waals surface area contributed by atoms with E-state index in [1.807, 2.05) is 0 Å². The van der Waals surface area contributed by atoms with Crippen LogP contribution in [0.3, 0.4) is 0 Å². The number of Topliss-reactive ketones (excluding diaryl/α,β-unsaturated/α-hetero) is 1. The molecule has 2 aromatic rings. The van der Waals surface area contributed by atoms with Crippen LogP contribution in [0.2, 0.25) is 10.0 Å². The van der Waals surface area contributed by atoms with Crippen LogP contribution in [0, 0.1) is 0 Å². The Labute approximate surface area is 132 Å². The van der Waals surface area contributed by atoms with E-state index in [0.717, 1.165) is 0 Å². The second-order valence-corrected chi connectivity index (χ2v) is 5.71. The van der Waals surface area contributed by atoms with Crippen molar-refractivity contribution >= 4 is 29.0 Å². The summed E-state index contributed by atoms with van der Waals surface area (Å²) in [5, 5.41) is 11.7. The lowest BCUT2D eigenvalue weighted by atomic mass is 9.85. The minimum atomic E-state index is -1.69. The fourth-order valence-corrected chi connectivity index (χ4v) is 2.58. The van der Waals surface area contributed by atoms with Gasteiger partial charge in [-0.3, -0.25) is 4.79 Å². The summed E-state index contributed by atoms with van der Waals surface area (Å²) in [5.74, 6) is 5.26. The molecule has 1 unspecified atom stereocenters. The lowest BCUT2D eigenvalue weighted by Gasteiger charge is -2.25. The molecular formula is C15H15Cl2N2O2+. The largest absolute Gasteiger partial charge is 0.377 e. The van der Waals surface area contributed by atoms with Gasteiger partial charge in [-0.2, -0.15) is 0 Å². The number of nitrogens with two attached hydrogens (primary N) is 1. The van der Waals surface area contributed by atoms with E-state index in [0.29, 0.717) is 21.2 Å². The van der Waals surface area contributed by atoms with Gasteiger partial charge in [0.15, 0.2) is 17.6 Å². The third-order valence-corrected chi connectivity index (χ3v) is 3.93. The lowest BCUT2D eigenvalue weighted by Crippen LogP contribution is -2.46. The van der Waals surface area contributed by atoms with Gasteiger partial charge >= 0.3 is 0 Å². The number of aromatic nitrogens is 1. The van der Waals surface area contributed by atoms with Gasteiger partial charge in [0.2, 0.25) is 6.20 Å². The molecule has 4 nitrogen and oxygen atoms in total. The molecule has 0 amide bonds. The number of benzene rings is 1. The Morgan fingerprint density at radius 1 is 1.38 bits per heavy atom. The second kappa shape index (κ2) is 6.02. The Hall–Kier alpha value is -1.62. The summed E-state index contributed by atoms with van der Waals surface area (Å²) in [7, 11) is 0. The van der Waals surface area contributed by atoms with E-state index in [4.69, 9.17) is 29.0 Å². The topological polar surface area (TPSA) is 67.2 Å². The summed E-state index contributed by atoms with van der Waals surface area (Å²) in [4.78, 5) is 12.0. The number of hydrogen-bond acceptors (Lipinski definition) is 3. The van der Waals surface area contributed by atoms with Crippen molar-refractivity contribution in [1.82, 2.24) is 0 Å². The van der Waals surface area contributed by atoms with Gasteiger partial charge < -0.3 is 5.11 Å². The first-order chi connectivity index (χ1) is 9.83. The van der Waals surface area contributed by atoms with Crippen molar-refractivity contribution in [2.45, 2.75) is 18.9 Å². The van der Waals surface area contributed by atoms with Crippen molar-refractivity contribution in [2.75, 3.05) is 5.84 Å². The highest BCUT2D eigenvalue weighted by atomic mass is 35.5. The number of nitrogen functional groups attached to an aromatic ring is 1. The summed E-state index contributed by atoms with van der Waals surface area (Å²) in [6, 6.07) is 8.24. The van der Waals surface area contributed by atoms with E-state index >= 15 is 0 Å². The Morgan fingerprint density at radius 3 is 2.67 bits per heavy atom. The van der Waals surface area contributed by atoms with Crippen LogP contribution in [0.1, 0.15) is 18.1 Å². The van der Waals surface area contributed by atoms with Crippen molar-refractivity contribution in [2.24, 2.45) is 0 Å². The molecule has 110 valence electrons. The average Bonchev–Trinajstić information content (AvgIpc) is 2.41. The smallest absolute Gasteiger partial charge is 0.205 e. The first-order valence-corrected chi connectivity index (χ1v) is 7.03. The molecule has 1 aromatic heterocycles. The van der Waals surface area contributed by atoms with Crippen LogP contribution in [0.25, 0.3) is 0 Å². The normalized spacial score (nSPS) is 13.7. The minimum absolute atomic E-state index is 0.0440. The SMILES string of the molecule is CC(=O)C(O)(Cc1ccc(Cl)cc1Cl)c1ccc[n+](N)c1. The summed E-state index contributed by atoms with van der Waals surface area (Å²) < 4.78 is 1.28. The van der Waals surface area contributed by atoms with Crippen LogP contribution >= 0.6 is 23.2 Å². The maximum atomic E-state index is 12.0. The van der Waals surface area contributed by atoms with Crippen molar-refractivity contribution in [3.8, 4) is 0 Å². The maximum absolute atomic E-state index is 12.0. The molecule has 2 rings (SSSR count). The third-order valence-electron chi connectivity index (χ3n) is 3.34. The number of hydrogen-bond donors (Lipinski definition) is 2. The van der Waals surface area contributed by atoms with E-state index in [1.165, 1.54) is 17.8 Å². The molecule has 0 bridgehead atoms. The summed E-state index contributed by atoms with van der Waals surface area (Å²) in [5.41, 5.74) is -0.656. The van der Waals surface area contributed by atoms with E-state index in [-0.39, 0.29) is 12.2 Å². The zero-order valence-corrected chi connectivity index (χ0v) is 12.9. The summed E-state index contributed by atoms with van der Waals surface area (Å²) in [6.07, 6.45) is 3.16. The Morgan fingerprint density at radius 2 is 2.10 bits per heavy atom.